The van der Waals surface area contributed by atoms with E-state index in [1.54, 1.807) is 7.05 Å². The van der Waals surface area contributed by atoms with Gasteiger partial charge < -0.3 is 0 Å². The van der Waals surface area contributed by atoms with Crippen molar-refractivity contribution in [3.05, 3.63) is 12.2 Å². The molecule has 2 amide bonds. The van der Waals surface area contributed by atoms with Crippen LogP contribution in [0.3, 0.4) is 0 Å². The smallest absolute Gasteiger partial charge is 0.233 e. The Morgan fingerprint density at radius 1 is 1.17 bits per heavy atom. The van der Waals surface area contributed by atoms with E-state index in [9.17, 15) is 9.59 Å². The van der Waals surface area contributed by atoms with E-state index in [2.05, 4.69) is 0 Å². The molecule has 0 aromatic rings. The third-order valence-electron chi connectivity index (χ3n) is 2.73. The van der Waals surface area contributed by atoms with Crippen LogP contribution in [0.1, 0.15) is 12.8 Å². The molecule has 0 aromatic carbocycles. The van der Waals surface area contributed by atoms with Gasteiger partial charge in [0.25, 0.3) is 0 Å². The Labute approximate surface area is 71.0 Å². The number of carbonyl (C=O) groups is 2. The molecule has 1 fully saturated rings. The van der Waals surface area contributed by atoms with Crippen molar-refractivity contribution < 1.29 is 9.59 Å². The number of imide groups is 1. The number of hydrogen-bond acceptors (Lipinski definition) is 2. The Bertz CT molecular complexity index is 244. The summed E-state index contributed by atoms with van der Waals surface area (Å²) in [5, 5.41) is 0. The van der Waals surface area contributed by atoms with E-state index in [0.29, 0.717) is 0 Å². The highest BCUT2D eigenvalue weighted by molar-refractivity contribution is 6.05. The predicted molar refractivity (Wildman–Crippen MR) is 43.1 cm³/mol. The minimum atomic E-state index is -0.0625. The number of amides is 2. The van der Waals surface area contributed by atoms with Gasteiger partial charge in [0.1, 0.15) is 0 Å². The zero-order chi connectivity index (χ0) is 8.72. The van der Waals surface area contributed by atoms with E-state index in [1.807, 2.05) is 12.2 Å². The Morgan fingerprint density at radius 2 is 1.58 bits per heavy atom. The molecule has 2 atom stereocenters. The van der Waals surface area contributed by atoms with Gasteiger partial charge in [0.05, 0.1) is 11.8 Å². The molecule has 12 heavy (non-hydrogen) atoms. The maximum absolute atomic E-state index is 11.4. The zero-order valence-corrected chi connectivity index (χ0v) is 6.99. The van der Waals surface area contributed by atoms with Crippen LogP contribution in [0, 0.1) is 11.8 Å². The Hall–Kier alpha value is -1.12. The summed E-state index contributed by atoms with van der Waals surface area (Å²) in [5.41, 5.74) is 0. The second-order valence-corrected chi connectivity index (χ2v) is 3.39. The number of rotatable bonds is 0. The van der Waals surface area contributed by atoms with Gasteiger partial charge in [-0.2, -0.15) is 0 Å². The lowest BCUT2D eigenvalue weighted by molar-refractivity contribution is -0.138. The molecule has 0 aromatic heterocycles. The normalized spacial score (nSPS) is 34.2. The third-order valence-corrected chi connectivity index (χ3v) is 2.73. The molecular formula is C9H11NO2. The van der Waals surface area contributed by atoms with E-state index in [0.717, 1.165) is 12.8 Å². The Kier molecular flexibility index (Phi) is 1.53. The number of hydrogen-bond donors (Lipinski definition) is 0. The maximum atomic E-state index is 11.4. The van der Waals surface area contributed by atoms with Crippen LogP contribution in [-0.2, 0) is 9.59 Å². The summed E-state index contributed by atoms with van der Waals surface area (Å²) in [7, 11) is 1.57. The molecule has 0 radical (unpaired) electrons. The highest BCUT2D eigenvalue weighted by Gasteiger charge is 2.45. The van der Waals surface area contributed by atoms with Crippen molar-refractivity contribution in [1.29, 1.82) is 0 Å². The lowest BCUT2D eigenvalue weighted by Crippen LogP contribution is -2.25. The van der Waals surface area contributed by atoms with Crippen molar-refractivity contribution in [2.24, 2.45) is 11.8 Å². The number of fused-ring (bicyclic) bond motifs is 1. The van der Waals surface area contributed by atoms with Gasteiger partial charge in [-0.1, -0.05) is 12.2 Å². The molecule has 0 spiro atoms. The van der Waals surface area contributed by atoms with Gasteiger partial charge in [-0.3, -0.25) is 14.5 Å². The molecule has 64 valence electrons. The average Bonchev–Trinajstić information content (AvgIpc) is 2.33. The number of allylic oxidation sites excluding steroid dienone is 2. The molecule has 1 aliphatic carbocycles. The summed E-state index contributed by atoms with van der Waals surface area (Å²) in [6.45, 7) is 0. The largest absolute Gasteiger partial charge is 0.285 e. The monoisotopic (exact) mass is 165 g/mol. The predicted octanol–water partition coefficient (Wildman–Crippen LogP) is 0.567. The summed E-state index contributed by atoms with van der Waals surface area (Å²) < 4.78 is 0. The minimum Gasteiger partial charge on any atom is -0.285 e. The number of carbonyl (C=O) groups excluding carboxylic acids is 2. The molecule has 2 rings (SSSR count). The molecule has 1 heterocycles. The fraction of sp³-hybridized carbons (Fsp3) is 0.556. The zero-order valence-electron chi connectivity index (χ0n) is 6.99. The van der Waals surface area contributed by atoms with Crippen LogP contribution in [0.5, 0.6) is 0 Å². The second-order valence-electron chi connectivity index (χ2n) is 3.39. The molecule has 3 heteroatoms. The van der Waals surface area contributed by atoms with Gasteiger partial charge in [-0.25, -0.2) is 0 Å². The molecular weight excluding hydrogens is 154 g/mol. The number of nitrogens with zero attached hydrogens (tertiary/aromatic N) is 1. The topological polar surface area (TPSA) is 37.4 Å². The van der Waals surface area contributed by atoms with Gasteiger partial charge in [-0.15, -0.1) is 0 Å². The van der Waals surface area contributed by atoms with Crippen molar-refractivity contribution in [3.8, 4) is 0 Å². The highest BCUT2D eigenvalue weighted by Crippen LogP contribution is 2.33. The van der Waals surface area contributed by atoms with E-state index in [-0.39, 0.29) is 23.7 Å². The van der Waals surface area contributed by atoms with Crippen LogP contribution in [0.15, 0.2) is 12.2 Å². The maximum Gasteiger partial charge on any atom is 0.233 e. The highest BCUT2D eigenvalue weighted by atomic mass is 16.2. The molecule has 2 aliphatic rings. The van der Waals surface area contributed by atoms with Crippen LogP contribution in [-0.4, -0.2) is 23.8 Å². The molecule has 0 N–H and O–H groups in total. The summed E-state index contributed by atoms with van der Waals surface area (Å²) in [6.07, 6.45) is 5.45. The summed E-state index contributed by atoms with van der Waals surface area (Å²) in [6, 6.07) is 0. The molecule has 3 nitrogen and oxygen atoms in total. The van der Waals surface area contributed by atoms with E-state index >= 15 is 0 Å². The van der Waals surface area contributed by atoms with Crippen molar-refractivity contribution in [2.45, 2.75) is 12.8 Å². The minimum absolute atomic E-state index is 0.00523. The summed E-state index contributed by atoms with van der Waals surface area (Å²) in [5.74, 6) is -0.135. The fourth-order valence-electron chi connectivity index (χ4n) is 1.97. The lowest BCUT2D eigenvalue weighted by Gasteiger charge is -2.14. The lowest BCUT2D eigenvalue weighted by atomic mass is 9.85. The van der Waals surface area contributed by atoms with Crippen molar-refractivity contribution in [1.82, 2.24) is 4.90 Å². The Morgan fingerprint density at radius 3 is 2.00 bits per heavy atom. The molecule has 2 unspecified atom stereocenters. The van der Waals surface area contributed by atoms with E-state index < -0.39 is 0 Å². The van der Waals surface area contributed by atoms with E-state index in [1.165, 1.54) is 4.90 Å². The molecule has 0 bridgehead atoms. The van der Waals surface area contributed by atoms with Crippen LogP contribution in [0.4, 0.5) is 0 Å². The first-order valence-electron chi connectivity index (χ1n) is 4.18. The average molecular weight is 165 g/mol. The van der Waals surface area contributed by atoms with Crippen LogP contribution < -0.4 is 0 Å². The first kappa shape index (κ1) is 7.53. The van der Waals surface area contributed by atoms with Gasteiger partial charge in [-0.05, 0) is 12.8 Å². The van der Waals surface area contributed by atoms with Gasteiger partial charge in [0, 0.05) is 7.05 Å². The van der Waals surface area contributed by atoms with Crippen molar-refractivity contribution in [3.63, 3.8) is 0 Å². The van der Waals surface area contributed by atoms with Gasteiger partial charge >= 0.3 is 0 Å². The van der Waals surface area contributed by atoms with Crippen molar-refractivity contribution >= 4 is 11.8 Å². The quantitative estimate of drug-likeness (QED) is 0.388. The van der Waals surface area contributed by atoms with Crippen molar-refractivity contribution in [2.75, 3.05) is 7.05 Å². The molecule has 1 aliphatic heterocycles. The second kappa shape index (κ2) is 2.44. The SMILES string of the molecule is CN1C(=O)C2CC=CCC2C1=O. The summed E-state index contributed by atoms with van der Waals surface area (Å²) >= 11 is 0. The first-order chi connectivity index (χ1) is 5.72. The Balaban J connectivity index is 2.31. The van der Waals surface area contributed by atoms with Gasteiger partial charge in [0.2, 0.25) is 11.8 Å². The molecule has 0 saturated carbocycles. The first-order valence-corrected chi connectivity index (χ1v) is 4.18. The fourth-order valence-corrected chi connectivity index (χ4v) is 1.97. The van der Waals surface area contributed by atoms with Crippen LogP contribution >= 0.6 is 0 Å². The van der Waals surface area contributed by atoms with Crippen LogP contribution in [0.25, 0.3) is 0 Å². The van der Waals surface area contributed by atoms with E-state index in [4.69, 9.17) is 0 Å². The third kappa shape index (κ3) is 0.823. The number of likely N-dealkylation sites (tertiary alicyclic amines) is 1. The summed E-state index contributed by atoms with van der Waals surface area (Å²) in [4.78, 5) is 24.1. The standard InChI is InChI=1S/C9H11NO2/c1-10-8(11)6-4-2-3-5-7(6)9(10)12/h2-3,6-7H,4-5H2,1H3. The van der Waals surface area contributed by atoms with Crippen LogP contribution in [0.2, 0.25) is 0 Å². The van der Waals surface area contributed by atoms with Gasteiger partial charge in [0.15, 0.2) is 0 Å². The molecule has 1 saturated heterocycles.